The standard InChI is InChI=1S/C57H88N2O3/c1-5-8-11-14-17-20-23-26-29-35-42-60-53-46-49-45-50(47-58-51-38-33-32-34-39-51)55-52(41-40-48(4)59-55)54(49)57(62-44-37-31-28-25-22-19-16-13-10-7-3)56(53)61-43-36-30-27-24-21-18-15-12-9-6-2/h32-34,38-41,45-47H,5-31,35-37,42-44H2,1-4H3. The van der Waals surface area contributed by atoms with E-state index in [1.54, 1.807) is 0 Å². The van der Waals surface area contributed by atoms with Crippen LogP contribution in [-0.2, 0) is 0 Å². The van der Waals surface area contributed by atoms with Crippen molar-refractivity contribution in [2.75, 3.05) is 19.8 Å². The molecule has 344 valence electrons. The number of hydrogen-bond acceptors (Lipinski definition) is 5. The average molecular weight is 849 g/mol. The summed E-state index contributed by atoms with van der Waals surface area (Å²) in [6, 6.07) is 18.9. The van der Waals surface area contributed by atoms with Crippen molar-refractivity contribution in [2.24, 2.45) is 4.99 Å². The van der Waals surface area contributed by atoms with E-state index in [0.29, 0.717) is 19.8 Å². The summed E-state index contributed by atoms with van der Waals surface area (Å²) in [5, 5.41) is 3.19. The van der Waals surface area contributed by atoms with Gasteiger partial charge in [-0.25, -0.2) is 0 Å². The van der Waals surface area contributed by atoms with Gasteiger partial charge in [0.2, 0.25) is 5.75 Å². The van der Waals surface area contributed by atoms with Crippen molar-refractivity contribution in [1.82, 2.24) is 4.98 Å². The Hall–Kier alpha value is -3.60. The minimum absolute atomic E-state index is 0.653. The first-order valence-electron chi connectivity index (χ1n) is 26.0. The highest BCUT2D eigenvalue weighted by atomic mass is 16.5. The molecule has 1 heterocycles. The summed E-state index contributed by atoms with van der Waals surface area (Å²) in [7, 11) is 0. The Morgan fingerprint density at radius 2 is 0.903 bits per heavy atom. The number of nitrogens with zero attached hydrogens (tertiary/aromatic N) is 2. The number of ether oxygens (including phenoxy) is 3. The van der Waals surface area contributed by atoms with Crippen LogP contribution in [0.1, 0.15) is 225 Å². The van der Waals surface area contributed by atoms with Gasteiger partial charge in [0.1, 0.15) is 0 Å². The highest BCUT2D eigenvalue weighted by Crippen LogP contribution is 2.47. The van der Waals surface area contributed by atoms with Gasteiger partial charge in [-0.1, -0.05) is 218 Å². The van der Waals surface area contributed by atoms with Gasteiger partial charge in [-0.3, -0.25) is 9.98 Å². The molecule has 0 bridgehead atoms. The smallest absolute Gasteiger partial charge is 0.204 e. The van der Waals surface area contributed by atoms with Crippen LogP contribution in [0.25, 0.3) is 21.7 Å². The molecular weight excluding hydrogens is 761 g/mol. The number of aliphatic imine (C=N–C) groups is 1. The number of hydrogen-bond donors (Lipinski definition) is 0. The maximum Gasteiger partial charge on any atom is 0.204 e. The summed E-state index contributed by atoms with van der Waals surface area (Å²) < 4.78 is 20.6. The molecule has 0 fully saturated rings. The quantitative estimate of drug-likeness (QED) is 0.0256. The number of benzene rings is 3. The molecule has 0 spiro atoms. The van der Waals surface area contributed by atoms with Gasteiger partial charge in [0.15, 0.2) is 11.5 Å². The Balaban J connectivity index is 1.56. The zero-order valence-corrected chi connectivity index (χ0v) is 40.2. The highest BCUT2D eigenvalue weighted by Gasteiger charge is 2.22. The predicted molar refractivity (Wildman–Crippen MR) is 270 cm³/mol. The summed E-state index contributed by atoms with van der Waals surface area (Å²) in [6.07, 6.45) is 40.9. The number of aromatic nitrogens is 1. The lowest BCUT2D eigenvalue weighted by Crippen LogP contribution is -2.07. The number of aryl methyl sites for hydroxylation is 1. The molecule has 0 saturated carbocycles. The Bertz CT molecular complexity index is 1770. The Kier molecular flexibility index (Phi) is 27.2. The summed E-state index contributed by atoms with van der Waals surface area (Å²) in [4.78, 5) is 10.0. The molecule has 62 heavy (non-hydrogen) atoms. The molecule has 0 unspecified atom stereocenters. The third kappa shape index (κ3) is 19.8. The Labute approximate surface area is 379 Å². The fraction of sp³-hybridized carbons (Fsp3) is 0.649. The molecule has 0 aliphatic carbocycles. The van der Waals surface area contributed by atoms with Gasteiger partial charge in [-0.05, 0) is 61.9 Å². The molecule has 0 saturated heterocycles. The molecular formula is C57H88N2O3. The van der Waals surface area contributed by atoms with E-state index >= 15 is 0 Å². The van der Waals surface area contributed by atoms with Crippen LogP contribution < -0.4 is 14.2 Å². The molecule has 0 aliphatic rings. The second-order valence-corrected chi connectivity index (χ2v) is 18.1. The molecule has 1 aromatic heterocycles. The molecule has 4 aromatic rings. The zero-order chi connectivity index (χ0) is 43.7. The van der Waals surface area contributed by atoms with Gasteiger partial charge in [0.25, 0.3) is 0 Å². The number of rotatable bonds is 38. The van der Waals surface area contributed by atoms with E-state index in [1.165, 1.54) is 173 Å². The zero-order valence-electron chi connectivity index (χ0n) is 40.2. The summed E-state index contributed by atoms with van der Waals surface area (Å²) >= 11 is 0. The lowest BCUT2D eigenvalue weighted by molar-refractivity contribution is 0.236. The van der Waals surface area contributed by atoms with Crippen LogP contribution in [-0.4, -0.2) is 31.0 Å². The molecule has 0 aliphatic heterocycles. The molecule has 0 N–H and O–H groups in total. The Morgan fingerprint density at radius 3 is 1.39 bits per heavy atom. The highest BCUT2D eigenvalue weighted by molar-refractivity contribution is 6.16. The largest absolute Gasteiger partial charge is 0.490 e. The van der Waals surface area contributed by atoms with E-state index in [9.17, 15) is 0 Å². The first-order chi connectivity index (χ1) is 30.7. The van der Waals surface area contributed by atoms with E-state index in [0.717, 1.165) is 75.1 Å². The maximum absolute atomic E-state index is 6.96. The number of fused-ring (bicyclic) bond motifs is 3. The average Bonchev–Trinajstić information content (AvgIpc) is 3.29. The molecule has 0 radical (unpaired) electrons. The van der Waals surface area contributed by atoms with Gasteiger partial charge in [0, 0.05) is 28.2 Å². The van der Waals surface area contributed by atoms with Crippen molar-refractivity contribution in [3.8, 4) is 17.2 Å². The Morgan fingerprint density at radius 1 is 0.468 bits per heavy atom. The SMILES string of the molecule is CCCCCCCCCCCCOc1cc2cc(C=Nc3ccccc3)c3nc(C)ccc3c2c(OCCCCCCCCCCCC)c1OCCCCCCCCCCCC. The maximum atomic E-state index is 6.96. The van der Waals surface area contributed by atoms with Crippen LogP contribution in [0.4, 0.5) is 5.69 Å². The van der Waals surface area contributed by atoms with Gasteiger partial charge in [-0.15, -0.1) is 0 Å². The van der Waals surface area contributed by atoms with Crippen LogP contribution in [0, 0.1) is 6.92 Å². The van der Waals surface area contributed by atoms with Crippen molar-refractivity contribution in [1.29, 1.82) is 0 Å². The fourth-order valence-corrected chi connectivity index (χ4v) is 8.68. The first-order valence-corrected chi connectivity index (χ1v) is 26.0. The third-order valence-corrected chi connectivity index (χ3v) is 12.5. The summed E-state index contributed by atoms with van der Waals surface area (Å²) in [5.74, 6) is 2.37. The van der Waals surface area contributed by atoms with Crippen LogP contribution >= 0.6 is 0 Å². The summed E-state index contributed by atoms with van der Waals surface area (Å²) in [6.45, 7) is 10.9. The number of pyridine rings is 1. The van der Waals surface area contributed by atoms with Crippen LogP contribution in [0.3, 0.4) is 0 Å². The first kappa shape index (κ1) is 51.0. The van der Waals surface area contributed by atoms with Gasteiger partial charge < -0.3 is 14.2 Å². The lowest BCUT2D eigenvalue weighted by Gasteiger charge is -2.21. The van der Waals surface area contributed by atoms with Crippen molar-refractivity contribution in [3.05, 3.63) is 65.9 Å². The van der Waals surface area contributed by atoms with Crippen molar-refractivity contribution >= 4 is 33.6 Å². The molecule has 5 nitrogen and oxygen atoms in total. The van der Waals surface area contributed by atoms with Crippen LogP contribution in [0.15, 0.2) is 59.6 Å². The van der Waals surface area contributed by atoms with E-state index in [-0.39, 0.29) is 0 Å². The lowest BCUT2D eigenvalue weighted by atomic mass is 9.98. The van der Waals surface area contributed by atoms with Gasteiger partial charge >= 0.3 is 0 Å². The molecule has 0 amide bonds. The number of para-hydroxylation sites is 1. The van der Waals surface area contributed by atoms with Crippen LogP contribution in [0.2, 0.25) is 0 Å². The monoisotopic (exact) mass is 849 g/mol. The van der Waals surface area contributed by atoms with E-state index in [4.69, 9.17) is 24.2 Å². The molecule has 0 atom stereocenters. The van der Waals surface area contributed by atoms with Crippen LogP contribution in [0.5, 0.6) is 17.2 Å². The molecule has 3 aromatic carbocycles. The van der Waals surface area contributed by atoms with E-state index in [2.05, 4.69) is 52.0 Å². The van der Waals surface area contributed by atoms with E-state index < -0.39 is 0 Å². The second-order valence-electron chi connectivity index (χ2n) is 18.1. The van der Waals surface area contributed by atoms with Crippen molar-refractivity contribution in [2.45, 2.75) is 220 Å². The minimum Gasteiger partial charge on any atom is -0.490 e. The normalized spacial score (nSPS) is 11.7. The van der Waals surface area contributed by atoms with Gasteiger partial charge in [0.05, 0.1) is 31.0 Å². The van der Waals surface area contributed by atoms with Gasteiger partial charge in [-0.2, -0.15) is 0 Å². The summed E-state index contributed by atoms with van der Waals surface area (Å²) in [5.41, 5.74) is 3.82. The topological polar surface area (TPSA) is 52.9 Å². The predicted octanol–water partition coefficient (Wildman–Crippen LogP) is 18.3. The third-order valence-electron chi connectivity index (χ3n) is 12.5. The fourth-order valence-electron chi connectivity index (χ4n) is 8.68. The molecule has 5 heteroatoms. The van der Waals surface area contributed by atoms with Crippen molar-refractivity contribution < 1.29 is 14.2 Å². The second kappa shape index (κ2) is 33.0. The minimum atomic E-state index is 0.653. The van der Waals surface area contributed by atoms with E-state index in [1.807, 2.05) is 36.5 Å². The molecule has 4 rings (SSSR count). The number of unbranched alkanes of at least 4 members (excludes halogenated alkanes) is 27. The van der Waals surface area contributed by atoms with Crippen molar-refractivity contribution in [3.63, 3.8) is 0 Å².